The second kappa shape index (κ2) is 7.49. The number of amides is 1. The van der Waals surface area contributed by atoms with Crippen molar-refractivity contribution >= 4 is 5.91 Å². The number of carbonyl (C=O) groups is 1. The van der Waals surface area contributed by atoms with Gasteiger partial charge in [0.1, 0.15) is 5.82 Å². The number of rotatable bonds is 5. The van der Waals surface area contributed by atoms with Crippen LogP contribution in [0.15, 0.2) is 48.9 Å². The van der Waals surface area contributed by atoms with Crippen molar-refractivity contribution < 1.29 is 14.0 Å². The van der Waals surface area contributed by atoms with Gasteiger partial charge in [0.05, 0.1) is 24.9 Å². The molecule has 0 bridgehead atoms. The molecule has 1 amide bonds. The van der Waals surface area contributed by atoms with Gasteiger partial charge in [-0.2, -0.15) is 0 Å². The third-order valence-electron chi connectivity index (χ3n) is 4.55. The Labute approximate surface area is 151 Å². The maximum atomic E-state index is 14.2. The fourth-order valence-corrected chi connectivity index (χ4v) is 3.08. The summed E-state index contributed by atoms with van der Waals surface area (Å²) in [4.78, 5) is 24.0. The number of carbonyl (C=O) groups excluding carboxylic acids is 1. The van der Waals surface area contributed by atoms with E-state index in [4.69, 9.17) is 0 Å². The monoisotopic (exact) mass is 353 g/mol. The van der Waals surface area contributed by atoms with Crippen molar-refractivity contribution in [3.63, 3.8) is 0 Å². The Morgan fingerprint density at radius 3 is 2.77 bits per heavy atom. The first kappa shape index (κ1) is 17.8. The molecule has 0 radical (unpaired) electrons. The van der Waals surface area contributed by atoms with Crippen molar-refractivity contribution in [2.45, 2.75) is 19.8 Å². The van der Waals surface area contributed by atoms with E-state index < -0.39 is 11.7 Å². The molecule has 3 aromatic rings. The van der Waals surface area contributed by atoms with Gasteiger partial charge in [0.2, 0.25) is 0 Å². The number of hydrogen-bond acceptors (Lipinski definition) is 3. The largest absolute Gasteiger partial charge is 0.348 e. The molecule has 2 N–H and O–H groups in total. The number of imidazole rings is 1. The van der Waals surface area contributed by atoms with Crippen molar-refractivity contribution in [2.24, 2.45) is 0 Å². The second-order valence-electron chi connectivity index (χ2n) is 6.10. The van der Waals surface area contributed by atoms with Gasteiger partial charge in [-0.3, -0.25) is 9.63 Å². The first-order valence-electron chi connectivity index (χ1n) is 8.20. The molecule has 26 heavy (non-hydrogen) atoms. The number of hydrogen-bond donors (Lipinski definition) is 2. The molecule has 3 rings (SSSR count). The van der Waals surface area contributed by atoms with Gasteiger partial charge in [-0.05, 0) is 48.2 Å². The highest BCUT2D eigenvalue weighted by Gasteiger charge is 2.23. The van der Waals surface area contributed by atoms with Crippen LogP contribution in [0, 0.1) is 19.7 Å². The van der Waals surface area contributed by atoms with Crippen LogP contribution < -0.4 is 5.48 Å². The summed E-state index contributed by atoms with van der Waals surface area (Å²) in [6.07, 6.45) is 3.35. The van der Waals surface area contributed by atoms with Crippen molar-refractivity contribution in [3.8, 4) is 0 Å². The molecule has 134 valence electrons. The Bertz CT molecular complexity index is 923. The molecule has 1 heterocycles. The fourth-order valence-electron chi connectivity index (χ4n) is 3.08. The van der Waals surface area contributed by atoms with E-state index in [9.17, 15) is 9.18 Å². The van der Waals surface area contributed by atoms with E-state index >= 15 is 0 Å². The van der Waals surface area contributed by atoms with Crippen LogP contribution in [0.25, 0.3) is 0 Å². The number of aromatic amines is 1. The number of nitrogens with zero attached hydrogens (tertiary/aromatic N) is 1. The summed E-state index contributed by atoms with van der Waals surface area (Å²) in [7, 11) is 1.31. The zero-order valence-electron chi connectivity index (χ0n) is 14.8. The standard InChI is InChI=1S/C20H20FN3O2/c1-12-5-4-6-15(13(12)2)19(18-10-22-11-23-18)14-7-8-17(21)16(9-14)20(25)24-26-3/h4-11,19H,1-3H3,(H,22,23)(H,24,25). The van der Waals surface area contributed by atoms with Gasteiger partial charge in [-0.1, -0.05) is 24.3 Å². The van der Waals surface area contributed by atoms with Crippen molar-refractivity contribution in [1.82, 2.24) is 15.4 Å². The van der Waals surface area contributed by atoms with E-state index in [0.29, 0.717) is 0 Å². The van der Waals surface area contributed by atoms with Crippen LogP contribution in [0.1, 0.15) is 44.2 Å². The summed E-state index contributed by atoms with van der Waals surface area (Å²) in [5, 5.41) is 0. The number of benzene rings is 2. The van der Waals surface area contributed by atoms with E-state index in [-0.39, 0.29) is 11.5 Å². The Balaban J connectivity index is 2.16. The minimum atomic E-state index is -0.629. The van der Waals surface area contributed by atoms with Crippen molar-refractivity contribution in [3.05, 3.63) is 88.3 Å². The minimum Gasteiger partial charge on any atom is -0.348 e. The number of halogens is 1. The van der Waals surface area contributed by atoms with Crippen LogP contribution in [0.3, 0.4) is 0 Å². The third kappa shape index (κ3) is 3.36. The summed E-state index contributed by atoms with van der Waals surface area (Å²) in [6.45, 7) is 4.10. The summed E-state index contributed by atoms with van der Waals surface area (Å²) in [5.74, 6) is -1.43. The molecule has 1 atom stereocenters. The lowest BCUT2D eigenvalue weighted by Crippen LogP contribution is -2.23. The molecule has 1 aromatic heterocycles. The summed E-state index contributed by atoms with van der Waals surface area (Å²) in [5.41, 5.74) is 7.11. The molecule has 0 aliphatic rings. The molecule has 5 nitrogen and oxygen atoms in total. The van der Waals surface area contributed by atoms with E-state index in [1.807, 2.05) is 25.1 Å². The first-order chi connectivity index (χ1) is 12.5. The Kier molecular flexibility index (Phi) is 5.14. The predicted octanol–water partition coefficient (Wildman–Crippen LogP) is 3.64. The Morgan fingerprint density at radius 1 is 1.27 bits per heavy atom. The summed E-state index contributed by atoms with van der Waals surface area (Å²) in [6, 6.07) is 10.6. The maximum Gasteiger partial charge on any atom is 0.277 e. The summed E-state index contributed by atoms with van der Waals surface area (Å²) >= 11 is 0. The van der Waals surface area contributed by atoms with Gasteiger partial charge in [-0.25, -0.2) is 14.9 Å². The van der Waals surface area contributed by atoms with Gasteiger partial charge in [0.15, 0.2) is 0 Å². The molecule has 0 aliphatic carbocycles. The number of H-pyrrole nitrogens is 1. The second-order valence-corrected chi connectivity index (χ2v) is 6.10. The molecular formula is C20H20FN3O2. The number of nitrogens with one attached hydrogen (secondary N) is 2. The van der Waals surface area contributed by atoms with E-state index in [2.05, 4.69) is 27.2 Å². The zero-order chi connectivity index (χ0) is 18.7. The van der Waals surface area contributed by atoms with Gasteiger partial charge in [0.25, 0.3) is 5.91 Å². The van der Waals surface area contributed by atoms with Gasteiger partial charge >= 0.3 is 0 Å². The molecule has 0 aliphatic heterocycles. The minimum absolute atomic E-state index is 0.0702. The van der Waals surface area contributed by atoms with E-state index in [1.54, 1.807) is 24.7 Å². The highest BCUT2D eigenvalue weighted by molar-refractivity contribution is 5.94. The molecule has 2 aromatic carbocycles. The topological polar surface area (TPSA) is 67.0 Å². The SMILES string of the molecule is CONC(=O)c1cc(C(c2cnc[nH]2)c2cccc(C)c2C)ccc1F. The quantitative estimate of drug-likeness (QED) is 0.688. The Morgan fingerprint density at radius 2 is 2.08 bits per heavy atom. The average molecular weight is 353 g/mol. The van der Waals surface area contributed by atoms with Crippen LogP contribution in [-0.4, -0.2) is 23.0 Å². The zero-order valence-corrected chi connectivity index (χ0v) is 14.8. The molecule has 6 heteroatoms. The average Bonchev–Trinajstić information content (AvgIpc) is 3.14. The molecule has 0 fully saturated rings. The molecule has 1 unspecified atom stereocenters. The lowest BCUT2D eigenvalue weighted by atomic mass is 9.84. The highest BCUT2D eigenvalue weighted by atomic mass is 19.1. The number of hydroxylamine groups is 1. The van der Waals surface area contributed by atoms with Gasteiger partial charge in [-0.15, -0.1) is 0 Å². The van der Waals surface area contributed by atoms with E-state index in [1.165, 1.54) is 13.2 Å². The van der Waals surface area contributed by atoms with Crippen LogP contribution in [-0.2, 0) is 4.84 Å². The maximum absolute atomic E-state index is 14.2. The lowest BCUT2D eigenvalue weighted by Gasteiger charge is -2.21. The van der Waals surface area contributed by atoms with Crippen LogP contribution in [0.5, 0.6) is 0 Å². The molecular weight excluding hydrogens is 333 g/mol. The normalized spacial score (nSPS) is 12.0. The van der Waals surface area contributed by atoms with Gasteiger partial charge < -0.3 is 4.98 Å². The van der Waals surface area contributed by atoms with Gasteiger partial charge in [0, 0.05) is 11.9 Å². The lowest BCUT2D eigenvalue weighted by molar-refractivity contribution is 0.0533. The highest BCUT2D eigenvalue weighted by Crippen LogP contribution is 2.34. The number of aryl methyl sites for hydroxylation is 1. The fraction of sp³-hybridized carbons (Fsp3) is 0.200. The van der Waals surface area contributed by atoms with Crippen molar-refractivity contribution in [2.75, 3.05) is 7.11 Å². The third-order valence-corrected chi connectivity index (χ3v) is 4.55. The predicted molar refractivity (Wildman–Crippen MR) is 96.3 cm³/mol. The van der Waals surface area contributed by atoms with Crippen LogP contribution in [0.2, 0.25) is 0 Å². The van der Waals surface area contributed by atoms with E-state index in [0.717, 1.165) is 27.9 Å². The molecule has 0 saturated heterocycles. The molecule has 0 spiro atoms. The smallest absolute Gasteiger partial charge is 0.277 e. The number of aromatic nitrogens is 2. The van der Waals surface area contributed by atoms with Crippen molar-refractivity contribution in [1.29, 1.82) is 0 Å². The van der Waals surface area contributed by atoms with Crippen LogP contribution in [0.4, 0.5) is 4.39 Å². The molecule has 0 saturated carbocycles. The Hall–Kier alpha value is -2.99. The first-order valence-corrected chi connectivity index (χ1v) is 8.20. The summed E-state index contributed by atoms with van der Waals surface area (Å²) < 4.78 is 14.2. The van der Waals surface area contributed by atoms with Crippen LogP contribution >= 0.6 is 0 Å².